The van der Waals surface area contributed by atoms with Crippen LogP contribution >= 0.6 is 15.9 Å². The summed E-state index contributed by atoms with van der Waals surface area (Å²) >= 11 is 3.52. The van der Waals surface area contributed by atoms with Gasteiger partial charge in [-0.25, -0.2) is 4.68 Å². The second-order valence-corrected chi connectivity index (χ2v) is 8.03. The summed E-state index contributed by atoms with van der Waals surface area (Å²) in [5.41, 5.74) is 1.28. The summed E-state index contributed by atoms with van der Waals surface area (Å²) in [5.74, 6) is 0.134. The number of anilines is 1. The van der Waals surface area contributed by atoms with Crippen molar-refractivity contribution in [1.29, 1.82) is 0 Å². The first-order chi connectivity index (χ1) is 13.5. The molecule has 1 saturated heterocycles. The summed E-state index contributed by atoms with van der Waals surface area (Å²) in [5, 5.41) is 8.30. The van der Waals surface area contributed by atoms with Crippen LogP contribution in [0.15, 0.2) is 57.8 Å². The van der Waals surface area contributed by atoms with Gasteiger partial charge in [-0.3, -0.25) is 9.59 Å². The highest BCUT2D eigenvalue weighted by Gasteiger charge is 2.24. The van der Waals surface area contributed by atoms with Crippen molar-refractivity contribution in [2.75, 3.05) is 24.5 Å². The molecule has 1 unspecified atom stereocenters. The summed E-state index contributed by atoms with van der Waals surface area (Å²) < 4.78 is 2.29. The van der Waals surface area contributed by atoms with E-state index in [1.54, 1.807) is 25.2 Å². The van der Waals surface area contributed by atoms with Crippen LogP contribution in [0.25, 0.3) is 10.8 Å². The van der Waals surface area contributed by atoms with Gasteiger partial charge in [0.1, 0.15) is 0 Å². The van der Waals surface area contributed by atoms with Gasteiger partial charge in [0.2, 0.25) is 0 Å². The molecule has 2 heterocycles. The Morgan fingerprint density at radius 2 is 2.00 bits per heavy atom. The van der Waals surface area contributed by atoms with Gasteiger partial charge in [-0.05, 0) is 36.6 Å². The van der Waals surface area contributed by atoms with E-state index < -0.39 is 0 Å². The van der Waals surface area contributed by atoms with Crippen molar-refractivity contribution in [3.63, 3.8) is 0 Å². The largest absolute Gasteiger partial charge is 0.371 e. The van der Waals surface area contributed by atoms with Crippen molar-refractivity contribution in [2.24, 2.45) is 13.0 Å². The van der Waals surface area contributed by atoms with Gasteiger partial charge in [0.05, 0.1) is 5.39 Å². The van der Waals surface area contributed by atoms with E-state index in [0.717, 1.165) is 24.0 Å². The van der Waals surface area contributed by atoms with Gasteiger partial charge in [0, 0.05) is 42.2 Å². The maximum atomic E-state index is 12.8. The van der Waals surface area contributed by atoms with E-state index in [1.165, 1.54) is 10.4 Å². The number of aryl methyl sites for hydroxylation is 1. The van der Waals surface area contributed by atoms with Gasteiger partial charge in [0.25, 0.3) is 11.5 Å². The third-order valence-corrected chi connectivity index (χ3v) is 5.68. The van der Waals surface area contributed by atoms with Gasteiger partial charge in [-0.15, -0.1) is 0 Å². The molecule has 0 bridgehead atoms. The van der Waals surface area contributed by atoms with Gasteiger partial charge < -0.3 is 10.2 Å². The summed E-state index contributed by atoms with van der Waals surface area (Å²) in [4.78, 5) is 27.3. The molecular formula is C21H21BrN4O2. The smallest absolute Gasteiger partial charge is 0.274 e. The molecule has 1 aliphatic heterocycles. The van der Waals surface area contributed by atoms with Crippen LogP contribution in [0, 0.1) is 5.92 Å². The highest BCUT2D eigenvalue weighted by atomic mass is 79.9. The number of nitrogens with zero attached hydrogens (tertiary/aromatic N) is 3. The number of carbonyl (C=O) groups excluding carboxylic acids is 1. The number of hydrogen-bond acceptors (Lipinski definition) is 4. The van der Waals surface area contributed by atoms with Crippen LogP contribution in [0.3, 0.4) is 0 Å². The van der Waals surface area contributed by atoms with Gasteiger partial charge in [0.15, 0.2) is 5.69 Å². The van der Waals surface area contributed by atoms with Crippen molar-refractivity contribution in [3.8, 4) is 0 Å². The predicted octanol–water partition coefficient (Wildman–Crippen LogP) is 2.95. The van der Waals surface area contributed by atoms with Crippen molar-refractivity contribution in [1.82, 2.24) is 15.1 Å². The first-order valence-electron chi connectivity index (χ1n) is 9.27. The quantitative estimate of drug-likeness (QED) is 0.676. The van der Waals surface area contributed by atoms with Crippen LogP contribution in [0.2, 0.25) is 0 Å². The number of halogens is 1. The zero-order valence-electron chi connectivity index (χ0n) is 15.6. The number of fused-ring (bicyclic) bond motifs is 1. The van der Waals surface area contributed by atoms with E-state index in [0.29, 0.717) is 28.9 Å². The maximum absolute atomic E-state index is 12.8. The van der Waals surface area contributed by atoms with E-state index >= 15 is 0 Å². The molecule has 28 heavy (non-hydrogen) atoms. The lowest BCUT2D eigenvalue weighted by molar-refractivity contribution is 0.0943. The number of nitrogens with one attached hydrogen (secondary N) is 1. The molecule has 144 valence electrons. The van der Waals surface area contributed by atoms with Crippen LogP contribution in [0.5, 0.6) is 0 Å². The molecule has 4 rings (SSSR count). The van der Waals surface area contributed by atoms with Crippen molar-refractivity contribution < 1.29 is 4.79 Å². The Kier molecular flexibility index (Phi) is 5.17. The molecule has 7 heteroatoms. The molecule has 1 fully saturated rings. The van der Waals surface area contributed by atoms with E-state index in [4.69, 9.17) is 0 Å². The fraction of sp³-hybridized carbons (Fsp3) is 0.286. The normalized spacial score (nSPS) is 16.5. The molecule has 3 aromatic rings. The third-order valence-electron chi connectivity index (χ3n) is 5.18. The third kappa shape index (κ3) is 3.67. The van der Waals surface area contributed by atoms with E-state index in [1.807, 2.05) is 18.2 Å². The average molecular weight is 441 g/mol. The molecule has 1 amide bonds. The zero-order valence-corrected chi connectivity index (χ0v) is 17.1. The second kappa shape index (κ2) is 7.75. The Morgan fingerprint density at radius 3 is 2.79 bits per heavy atom. The number of aromatic nitrogens is 2. The summed E-state index contributed by atoms with van der Waals surface area (Å²) in [6, 6.07) is 15.4. The molecule has 1 atom stereocenters. The van der Waals surface area contributed by atoms with Crippen LogP contribution in [-0.2, 0) is 7.05 Å². The molecule has 1 aromatic heterocycles. The van der Waals surface area contributed by atoms with Crippen LogP contribution in [0.4, 0.5) is 5.69 Å². The molecule has 2 aromatic carbocycles. The second-order valence-electron chi connectivity index (χ2n) is 7.11. The molecule has 1 aliphatic rings. The Labute approximate surface area is 171 Å². The average Bonchev–Trinajstić information content (AvgIpc) is 3.18. The summed E-state index contributed by atoms with van der Waals surface area (Å²) in [7, 11) is 1.57. The van der Waals surface area contributed by atoms with E-state index in [-0.39, 0.29) is 11.5 Å². The highest BCUT2D eigenvalue weighted by Crippen LogP contribution is 2.26. The van der Waals surface area contributed by atoms with Crippen molar-refractivity contribution in [3.05, 3.63) is 69.1 Å². The summed E-state index contributed by atoms with van der Waals surface area (Å²) in [6.45, 7) is 2.46. The van der Waals surface area contributed by atoms with Crippen molar-refractivity contribution >= 4 is 38.3 Å². The number of benzene rings is 2. The Balaban J connectivity index is 1.45. The Hall–Kier alpha value is -2.67. The molecule has 0 radical (unpaired) electrons. The van der Waals surface area contributed by atoms with Crippen molar-refractivity contribution in [2.45, 2.75) is 6.42 Å². The highest BCUT2D eigenvalue weighted by molar-refractivity contribution is 9.10. The monoisotopic (exact) mass is 440 g/mol. The van der Waals surface area contributed by atoms with Crippen LogP contribution < -0.4 is 15.8 Å². The zero-order chi connectivity index (χ0) is 19.7. The molecule has 0 saturated carbocycles. The topological polar surface area (TPSA) is 67.2 Å². The maximum Gasteiger partial charge on any atom is 0.274 e. The molecular weight excluding hydrogens is 420 g/mol. The lowest BCUT2D eigenvalue weighted by atomic mass is 10.1. The van der Waals surface area contributed by atoms with Gasteiger partial charge >= 0.3 is 0 Å². The first kappa shape index (κ1) is 18.7. The Bertz CT molecular complexity index is 1100. The first-order valence-corrected chi connectivity index (χ1v) is 10.1. The fourth-order valence-corrected chi connectivity index (χ4v) is 4.08. The molecule has 6 nitrogen and oxygen atoms in total. The number of amides is 1. The Morgan fingerprint density at radius 1 is 1.21 bits per heavy atom. The fourth-order valence-electron chi connectivity index (χ4n) is 3.69. The molecule has 0 spiro atoms. The lowest BCUT2D eigenvalue weighted by Crippen LogP contribution is -2.33. The minimum absolute atomic E-state index is 0.201. The SMILES string of the molecule is Cn1nc(C(=O)NCC2CCN(c3cccc(Br)c3)C2)c2ccccc2c1=O. The predicted molar refractivity (Wildman–Crippen MR) is 114 cm³/mol. The lowest BCUT2D eigenvalue weighted by Gasteiger charge is -2.19. The van der Waals surface area contributed by atoms with E-state index in [9.17, 15) is 9.59 Å². The number of hydrogen-bond donors (Lipinski definition) is 1. The standard InChI is InChI=1S/C21H21BrN4O2/c1-25-21(28)18-8-3-2-7-17(18)19(24-25)20(27)23-12-14-9-10-26(13-14)16-6-4-5-15(22)11-16/h2-8,11,14H,9-10,12-13H2,1H3,(H,23,27). The van der Waals surface area contributed by atoms with Crippen LogP contribution in [-0.4, -0.2) is 35.3 Å². The van der Waals surface area contributed by atoms with E-state index in [2.05, 4.69) is 43.4 Å². The molecule has 1 N–H and O–H groups in total. The number of carbonyl (C=O) groups is 1. The van der Waals surface area contributed by atoms with Gasteiger partial charge in [-0.1, -0.05) is 40.2 Å². The minimum atomic E-state index is -0.243. The number of rotatable bonds is 4. The summed E-state index contributed by atoms with van der Waals surface area (Å²) in [6.07, 6.45) is 1.02. The molecule has 0 aliphatic carbocycles. The minimum Gasteiger partial charge on any atom is -0.371 e. The van der Waals surface area contributed by atoms with Gasteiger partial charge in [-0.2, -0.15) is 5.10 Å². The van der Waals surface area contributed by atoms with Crippen LogP contribution in [0.1, 0.15) is 16.9 Å².